The van der Waals surface area contributed by atoms with Gasteiger partial charge in [-0.15, -0.1) is 46.5 Å². The predicted molar refractivity (Wildman–Crippen MR) is 211 cm³/mol. The fraction of sp³-hybridized carbons (Fsp3) is 0.125. The Morgan fingerprint density at radius 1 is 0.685 bits per heavy atom. The van der Waals surface area contributed by atoms with Crippen molar-refractivity contribution in [1.82, 2.24) is 19.1 Å². The minimum atomic E-state index is -1.44. The zero-order chi connectivity index (χ0) is 35.8. The minimum absolute atomic E-state index is 0. The second-order valence-electron chi connectivity index (χ2n) is 14.6. The Hall–Kier alpha value is -5.67. The van der Waals surface area contributed by atoms with Gasteiger partial charge in [0.25, 0.3) is 0 Å². The third-order valence-electron chi connectivity index (χ3n) is 11.2. The van der Waals surface area contributed by atoms with Crippen molar-refractivity contribution < 1.29 is 24.8 Å². The number of pyridine rings is 1. The fourth-order valence-corrected chi connectivity index (χ4v) is 8.59. The number of rotatable bonds is 5. The Labute approximate surface area is 327 Å². The predicted octanol–water partition coefficient (Wildman–Crippen LogP) is 11.2. The first-order chi connectivity index (χ1) is 25.9. The molecule has 0 spiro atoms. The van der Waals surface area contributed by atoms with Crippen LogP contribution in [0.3, 0.4) is 0 Å². The summed E-state index contributed by atoms with van der Waals surface area (Å²) in [5.74, 6) is 0.517. The van der Waals surface area contributed by atoms with Crippen LogP contribution in [0.5, 0.6) is 0 Å². The van der Waals surface area contributed by atoms with Crippen molar-refractivity contribution in [2.45, 2.75) is 31.4 Å². The molecule has 0 radical (unpaired) electrons. The molecule has 1 aliphatic rings. The number of alkyl halides is 1. The second-order valence-corrected chi connectivity index (χ2v) is 14.6. The van der Waals surface area contributed by atoms with Crippen LogP contribution in [0.25, 0.3) is 49.9 Å². The molecule has 6 aromatic carbocycles. The molecule has 2 atom stereocenters. The van der Waals surface area contributed by atoms with Crippen LogP contribution in [0.4, 0.5) is 4.39 Å². The first-order valence-corrected chi connectivity index (χ1v) is 18.1. The molecular formula is C48H35FN4Pd. The van der Waals surface area contributed by atoms with Gasteiger partial charge in [-0.1, -0.05) is 74.0 Å². The molecular weight excluding hydrogens is 758 g/mol. The molecule has 3 aromatic heterocycles. The number of hydrogen-bond donors (Lipinski definition) is 0. The van der Waals surface area contributed by atoms with Gasteiger partial charge in [0.1, 0.15) is 6.17 Å². The largest absolute Gasteiger partial charge is 2.00 e. The summed E-state index contributed by atoms with van der Waals surface area (Å²) >= 11 is 0. The third kappa shape index (κ3) is 5.20. The molecule has 0 N–H and O–H groups in total. The van der Waals surface area contributed by atoms with E-state index in [0.717, 1.165) is 56.0 Å². The number of aromatic nitrogens is 4. The van der Waals surface area contributed by atoms with E-state index >= 15 is 4.39 Å². The van der Waals surface area contributed by atoms with Gasteiger partial charge in [0, 0.05) is 35.6 Å². The van der Waals surface area contributed by atoms with Crippen molar-refractivity contribution in [3.8, 4) is 17.1 Å². The van der Waals surface area contributed by atoms with Crippen LogP contribution in [0.15, 0.2) is 146 Å². The smallest absolute Gasteiger partial charge is 0.367 e. The fourth-order valence-electron chi connectivity index (χ4n) is 8.59. The Morgan fingerprint density at radius 3 is 2.22 bits per heavy atom. The van der Waals surface area contributed by atoms with Gasteiger partial charge < -0.3 is 9.13 Å². The zero-order valence-corrected chi connectivity index (χ0v) is 31.5. The maximum Gasteiger partial charge on any atom is 2.00 e. The van der Waals surface area contributed by atoms with Crippen LogP contribution in [-0.4, -0.2) is 19.1 Å². The Balaban J connectivity index is 0.00000384. The van der Waals surface area contributed by atoms with Gasteiger partial charge in [0.2, 0.25) is 0 Å². The van der Waals surface area contributed by atoms with Crippen LogP contribution in [-0.2, 0) is 32.9 Å². The molecule has 0 aliphatic heterocycles. The Bertz CT molecular complexity index is 2860. The van der Waals surface area contributed by atoms with Gasteiger partial charge in [0.05, 0.1) is 33.6 Å². The van der Waals surface area contributed by atoms with E-state index < -0.39 is 11.6 Å². The van der Waals surface area contributed by atoms with Crippen LogP contribution in [0, 0.1) is 12.1 Å². The van der Waals surface area contributed by atoms with Crippen LogP contribution in [0.2, 0.25) is 0 Å². The van der Waals surface area contributed by atoms with Gasteiger partial charge in [0.15, 0.2) is 0 Å². The molecule has 1 aliphatic carbocycles. The molecule has 10 rings (SSSR count). The minimum Gasteiger partial charge on any atom is -0.367 e. The van der Waals surface area contributed by atoms with Crippen LogP contribution < -0.4 is 0 Å². The normalized spacial score (nSPS) is 15.1. The van der Waals surface area contributed by atoms with E-state index in [4.69, 9.17) is 9.97 Å². The first kappa shape index (κ1) is 34.1. The van der Waals surface area contributed by atoms with Crippen molar-refractivity contribution >= 4 is 32.8 Å². The Kier molecular flexibility index (Phi) is 8.23. The summed E-state index contributed by atoms with van der Waals surface area (Å²) in [6, 6.07) is 54.7. The van der Waals surface area contributed by atoms with Crippen molar-refractivity contribution in [3.05, 3.63) is 197 Å². The van der Waals surface area contributed by atoms with Crippen molar-refractivity contribution in [1.29, 1.82) is 0 Å². The average molecular weight is 793 g/mol. The number of nitrogens with zero attached hydrogens (tertiary/aromatic N) is 4. The summed E-state index contributed by atoms with van der Waals surface area (Å²) in [5.41, 5.74) is 12.0. The molecule has 54 heavy (non-hydrogen) atoms. The Morgan fingerprint density at radius 2 is 1.43 bits per heavy atom. The summed E-state index contributed by atoms with van der Waals surface area (Å²) in [6.45, 7) is 4.55. The van der Waals surface area contributed by atoms with Gasteiger partial charge in [-0.05, 0) is 71.1 Å². The van der Waals surface area contributed by atoms with Gasteiger partial charge in [-0.25, -0.2) is 4.39 Å². The molecule has 0 saturated carbocycles. The summed E-state index contributed by atoms with van der Waals surface area (Å²) in [6.07, 6.45) is 0.410. The van der Waals surface area contributed by atoms with Gasteiger partial charge >= 0.3 is 20.4 Å². The summed E-state index contributed by atoms with van der Waals surface area (Å²) in [5, 5.41) is 2.37. The van der Waals surface area contributed by atoms with E-state index in [9.17, 15) is 0 Å². The molecule has 0 fully saturated rings. The number of para-hydroxylation sites is 4. The summed E-state index contributed by atoms with van der Waals surface area (Å²) < 4.78 is 21.3. The van der Waals surface area contributed by atoms with Crippen molar-refractivity contribution in [2.75, 3.05) is 0 Å². The van der Waals surface area contributed by atoms with Crippen molar-refractivity contribution in [3.63, 3.8) is 0 Å². The van der Waals surface area contributed by atoms with E-state index in [1.54, 1.807) is 6.07 Å². The molecule has 9 aromatic rings. The molecule has 0 amide bonds. The number of hydrogen-bond acceptors (Lipinski definition) is 2. The molecule has 6 heteroatoms. The molecule has 4 nitrogen and oxygen atoms in total. The van der Waals surface area contributed by atoms with Crippen molar-refractivity contribution in [2.24, 2.45) is 7.05 Å². The van der Waals surface area contributed by atoms with E-state index in [1.807, 2.05) is 72.4 Å². The standard InChI is InChI=1S/C48H35FN4.Pd/c1-48(2)38-24-23-31(46(49)30-14-13-15-32(26-30)47-51-40-19-8-10-22-43(40)52(47)3)27-36(38)45(41-20-11-12-25-50-41)37-28-35-34-18-7-9-21-42(34)53(44(35)29-39(37)48)33-16-5-4-6-17-33;/h4-25,28-29,45-46H,1-3H3;/q-2;+2. The number of halogens is 1. The third-order valence-corrected chi connectivity index (χ3v) is 11.2. The quantitative estimate of drug-likeness (QED) is 0.129. The maximum atomic E-state index is 16.9. The first-order valence-electron chi connectivity index (χ1n) is 18.1. The van der Waals surface area contributed by atoms with E-state index in [-0.39, 0.29) is 26.3 Å². The van der Waals surface area contributed by atoms with Gasteiger partial charge in [-0.2, -0.15) is 18.2 Å². The summed E-state index contributed by atoms with van der Waals surface area (Å²) in [7, 11) is 1.99. The average Bonchev–Trinajstić information content (AvgIpc) is 3.72. The monoisotopic (exact) mass is 792 g/mol. The van der Waals surface area contributed by atoms with Crippen LogP contribution in [0.1, 0.15) is 65.0 Å². The number of fused-ring (bicyclic) bond motifs is 6. The zero-order valence-electron chi connectivity index (χ0n) is 30.0. The number of aryl methyl sites for hydroxylation is 1. The SMILES string of the molecule is Cn1c(-c2[c-]c(C(F)c3[c-]c4c(cc3)C(C)(C)c3cc5c(cc3C4c3ccccn3)c3ccccc3n5-c3ccccc3)ccc2)nc2ccccc21.[Pd+2]. The van der Waals surface area contributed by atoms with E-state index in [0.29, 0.717) is 11.1 Å². The van der Waals surface area contributed by atoms with Gasteiger partial charge in [-0.3, -0.25) is 9.97 Å². The molecule has 0 saturated heterocycles. The second kappa shape index (κ2) is 13.0. The molecule has 264 valence electrons. The number of imidazole rings is 1. The molecule has 2 unspecified atom stereocenters. The van der Waals surface area contributed by atoms with E-state index in [2.05, 4.69) is 109 Å². The molecule has 0 bridgehead atoms. The molecule has 3 heterocycles. The summed E-state index contributed by atoms with van der Waals surface area (Å²) in [4.78, 5) is 9.76. The number of benzene rings is 6. The maximum absolute atomic E-state index is 16.9. The van der Waals surface area contributed by atoms with Crippen LogP contribution >= 0.6 is 0 Å². The van der Waals surface area contributed by atoms with E-state index in [1.165, 1.54) is 21.9 Å². The topological polar surface area (TPSA) is 35.6 Å².